The van der Waals surface area contributed by atoms with Crippen molar-refractivity contribution in [3.05, 3.63) is 33.3 Å². The van der Waals surface area contributed by atoms with Crippen molar-refractivity contribution < 1.29 is 9.53 Å². The Morgan fingerprint density at radius 1 is 1.36 bits per heavy atom. The van der Waals surface area contributed by atoms with Crippen LogP contribution in [-0.4, -0.2) is 36.1 Å². The van der Waals surface area contributed by atoms with Crippen LogP contribution >= 0.6 is 35.6 Å². The van der Waals surface area contributed by atoms with Gasteiger partial charge in [0.05, 0.1) is 6.10 Å². The molecule has 2 atom stereocenters. The van der Waals surface area contributed by atoms with Gasteiger partial charge in [0.2, 0.25) is 0 Å². The molecule has 0 aliphatic carbocycles. The van der Waals surface area contributed by atoms with Crippen molar-refractivity contribution in [2.45, 2.75) is 38.0 Å². The minimum atomic E-state index is -0.355. The number of nitrogens with zero attached hydrogens (tertiary/aromatic N) is 1. The number of benzene rings is 1. The number of ether oxygens (including phenoxy) is 1. The number of halogens is 3. The predicted molar refractivity (Wildman–Crippen MR) is 89.8 cm³/mol. The maximum absolute atomic E-state index is 12.5. The minimum absolute atomic E-state index is 0. The van der Waals surface area contributed by atoms with Crippen LogP contribution in [0.25, 0.3) is 0 Å². The quantitative estimate of drug-likeness (QED) is 0.877. The summed E-state index contributed by atoms with van der Waals surface area (Å²) >= 11 is 12.3. The minimum Gasteiger partial charge on any atom is -0.364 e. The number of carbonyl (C=O) groups excluding carboxylic acids is 1. The largest absolute Gasteiger partial charge is 0.364 e. The lowest BCUT2D eigenvalue weighted by molar-refractivity contribution is -0.143. The van der Waals surface area contributed by atoms with Crippen LogP contribution in [0.1, 0.15) is 24.0 Å². The molecule has 2 aliphatic rings. The topological polar surface area (TPSA) is 55.6 Å². The van der Waals surface area contributed by atoms with Gasteiger partial charge in [-0.1, -0.05) is 23.2 Å². The molecule has 0 aromatic heterocycles. The van der Waals surface area contributed by atoms with E-state index in [1.807, 2.05) is 11.0 Å². The molecule has 2 heterocycles. The zero-order valence-electron chi connectivity index (χ0n) is 12.1. The molecule has 0 bridgehead atoms. The molecule has 2 aliphatic heterocycles. The highest BCUT2D eigenvalue weighted by molar-refractivity contribution is 6.35. The van der Waals surface area contributed by atoms with Crippen LogP contribution in [0.3, 0.4) is 0 Å². The first-order valence-electron chi connectivity index (χ1n) is 7.19. The molecule has 0 spiro atoms. The molecule has 122 valence electrons. The van der Waals surface area contributed by atoms with Gasteiger partial charge in [-0.25, -0.2) is 0 Å². The second-order valence-corrected chi connectivity index (χ2v) is 6.44. The summed E-state index contributed by atoms with van der Waals surface area (Å²) in [5.74, 6) is 0.0441. The second-order valence-electron chi connectivity index (χ2n) is 5.59. The summed E-state index contributed by atoms with van der Waals surface area (Å²) < 4.78 is 5.69. The number of hydrogen-bond donors (Lipinski definition) is 1. The van der Waals surface area contributed by atoms with E-state index in [-0.39, 0.29) is 30.5 Å². The van der Waals surface area contributed by atoms with E-state index in [0.29, 0.717) is 29.7 Å². The molecule has 1 aromatic carbocycles. The monoisotopic (exact) mass is 364 g/mol. The predicted octanol–water partition coefficient (Wildman–Crippen LogP) is 2.81. The van der Waals surface area contributed by atoms with Gasteiger partial charge in [-0.05, 0) is 42.5 Å². The number of nitrogens with two attached hydrogens (primary N) is 1. The number of rotatable bonds is 2. The van der Waals surface area contributed by atoms with Gasteiger partial charge in [-0.2, -0.15) is 0 Å². The average Bonchev–Trinajstić information content (AvgIpc) is 2.95. The van der Waals surface area contributed by atoms with Crippen LogP contribution in [0, 0.1) is 0 Å². The first-order valence-corrected chi connectivity index (χ1v) is 7.95. The van der Waals surface area contributed by atoms with Crippen molar-refractivity contribution in [2.75, 3.05) is 13.1 Å². The molecule has 7 heteroatoms. The molecule has 1 saturated heterocycles. The highest BCUT2D eigenvalue weighted by Crippen LogP contribution is 2.31. The van der Waals surface area contributed by atoms with Crippen molar-refractivity contribution in [3.8, 4) is 0 Å². The van der Waals surface area contributed by atoms with Crippen molar-refractivity contribution in [1.82, 2.24) is 4.90 Å². The fourth-order valence-corrected chi connectivity index (χ4v) is 3.63. The number of hydrogen-bond acceptors (Lipinski definition) is 3. The standard InChI is InChI=1S/C15H18Cl2N2O2.ClH/c16-10-5-9-3-4-19(8-12(9)13(17)6-10)15(20)14-2-1-11(7-18)21-14;/h5-6,11,14H,1-4,7-8,18H2;1H/t11-,14+;/m1./s1. The van der Waals surface area contributed by atoms with Crippen molar-refractivity contribution in [3.63, 3.8) is 0 Å². The summed E-state index contributed by atoms with van der Waals surface area (Å²) in [6.45, 7) is 1.67. The summed E-state index contributed by atoms with van der Waals surface area (Å²) in [5, 5.41) is 1.27. The number of fused-ring (bicyclic) bond motifs is 1. The van der Waals surface area contributed by atoms with Gasteiger partial charge in [0.15, 0.2) is 0 Å². The van der Waals surface area contributed by atoms with Crippen molar-refractivity contribution in [2.24, 2.45) is 5.73 Å². The third-order valence-electron chi connectivity index (χ3n) is 4.21. The number of carbonyl (C=O) groups is 1. The van der Waals surface area contributed by atoms with E-state index in [2.05, 4.69) is 0 Å². The van der Waals surface area contributed by atoms with Crippen LogP contribution in [0.15, 0.2) is 12.1 Å². The normalized spacial score (nSPS) is 23.9. The molecule has 2 N–H and O–H groups in total. The molecule has 1 amide bonds. The zero-order valence-corrected chi connectivity index (χ0v) is 14.4. The maximum atomic E-state index is 12.5. The highest BCUT2D eigenvalue weighted by Gasteiger charge is 2.34. The smallest absolute Gasteiger partial charge is 0.252 e. The Bertz CT molecular complexity index is 568. The summed E-state index contributed by atoms with van der Waals surface area (Å²) in [5.41, 5.74) is 7.71. The summed E-state index contributed by atoms with van der Waals surface area (Å²) in [6.07, 6.45) is 2.03. The SMILES string of the molecule is Cl.NC[C@H]1CC[C@@H](C(=O)N2CCc3cc(Cl)cc(Cl)c3C2)O1. The Hall–Kier alpha value is -0.520. The Balaban J connectivity index is 0.00000176. The summed E-state index contributed by atoms with van der Waals surface area (Å²) in [7, 11) is 0. The van der Waals surface area contributed by atoms with Crippen LogP contribution in [-0.2, 0) is 22.5 Å². The van der Waals surface area contributed by atoms with E-state index < -0.39 is 0 Å². The van der Waals surface area contributed by atoms with Crippen molar-refractivity contribution in [1.29, 1.82) is 0 Å². The van der Waals surface area contributed by atoms with Crippen LogP contribution < -0.4 is 5.73 Å². The van der Waals surface area contributed by atoms with Gasteiger partial charge in [0.25, 0.3) is 5.91 Å². The Labute approximate surface area is 146 Å². The lowest BCUT2D eigenvalue weighted by Crippen LogP contribution is -2.42. The Morgan fingerprint density at radius 2 is 2.14 bits per heavy atom. The van der Waals surface area contributed by atoms with Crippen LogP contribution in [0.5, 0.6) is 0 Å². The summed E-state index contributed by atoms with van der Waals surface area (Å²) in [4.78, 5) is 14.4. The fraction of sp³-hybridized carbons (Fsp3) is 0.533. The second kappa shape index (κ2) is 7.37. The van der Waals surface area contributed by atoms with E-state index in [0.717, 1.165) is 30.4 Å². The summed E-state index contributed by atoms with van der Waals surface area (Å²) in [6, 6.07) is 3.66. The molecular weight excluding hydrogens is 347 g/mol. The van der Waals surface area contributed by atoms with E-state index >= 15 is 0 Å². The van der Waals surface area contributed by atoms with E-state index in [1.165, 1.54) is 0 Å². The van der Waals surface area contributed by atoms with Gasteiger partial charge < -0.3 is 15.4 Å². The molecule has 0 radical (unpaired) electrons. The zero-order chi connectivity index (χ0) is 15.0. The third-order valence-corrected chi connectivity index (χ3v) is 4.77. The average molecular weight is 366 g/mol. The van der Waals surface area contributed by atoms with Gasteiger partial charge in [-0.3, -0.25) is 4.79 Å². The molecule has 3 rings (SSSR count). The molecular formula is C15H19Cl3N2O2. The van der Waals surface area contributed by atoms with Crippen LogP contribution in [0.4, 0.5) is 0 Å². The first-order chi connectivity index (χ1) is 10.1. The van der Waals surface area contributed by atoms with Crippen LogP contribution in [0.2, 0.25) is 10.0 Å². The van der Waals surface area contributed by atoms with Gasteiger partial charge >= 0.3 is 0 Å². The molecule has 0 unspecified atom stereocenters. The fourth-order valence-electron chi connectivity index (χ4n) is 3.03. The molecule has 1 fully saturated rings. The Morgan fingerprint density at radius 3 is 2.82 bits per heavy atom. The van der Waals surface area contributed by atoms with Gasteiger partial charge in [0, 0.05) is 29.7 Å². The lowest BCUT2D eigenvalue weighted by Gasteiger charge is -2.31. The van der Waals surface area contributed by atoms with Gasteiger partial charge in [-0.15, -0.1) is 12.4 Å². The molecule has 22 heavy (non-hydrogen) atoms. The maximum Gasteiger partial charge on any atom is 0.252 e. The first kappa shape index (κ1) is 17.8. The number of amides is 1. The lowest BCUT2D eigenvalue weighted by atomic mass is 9.99. The third kappa shape index (κ3) is 3.52. The molecule has 4 nitrogen and oxygen atoms in total. The molecule has 1 aromatic rings. The van der Waals surface area contributed by atoms with E-state index in [9.17, 15) is 4.79 Å². The van der Waals surface area contributed by atoms with E-state index in [1.54, 1.807) is 6.07 Å². The van der Waals surface area contributed by atoms with E-state index in [4.69, 9.17) is 33.7 Å². The van der Waals surface area contributed by atoms with Crippen molar-refractivity contribution >= 4 is 41.5 Å². The Kier molecular flexibility index (Phi) is 5.97. The highest BCUT2D eigenvalue weighted by atomic mass is 35.5. The molecule has 0 saturated carbocycles. The van der Waals surface area contributed by atoms with Gasteiger partial charge in [0.1, 0.15) is 6.10 Å².